The molecular weight excluding hydrogens is 258 g/mol. The van der Waals surface area contributed by atoms with Gasteiger partial charge in [-0.25, -0.2) is 0 Å². The fourth-order valence-electron chi connectivity index (χ4n) is 1.09. The highest BCUT2D eigenvalue weighted by atomic mass is 79.9. The summed E-state index contributed by atoms with van der Waals surface area (Å²) in [6.45, 7) is 1.89. The first-order valence-electron chi connectivity index (χ1n) is 4.73. The molecule has 0 radical (unpaired) electrons. The Bertz CT molecular complexity index is 359. The van der Waals surface area contributed by atoms with Gasteiger partial charge < -0.3 is 0 Å². The Labute approximate surface area is 97.0 Å². The van der Waals surface area contributed by atoms with Crippen LogP contribution in [0.2, 0.25) is 0 Å². The second kappa shape index (κ2) is 5.66. The van der Waals surface area contributed by atoms with Gasteiger partial charge in [0.15, 0.2) is 0 Å². The molecule has 0 aliphatic carbocycles. The van der Waals surface area contributed by atoms with Crippen molar-refractivity contribution < 1.29 is 9.59 Å². The molecule has 0 saturated heterocycles. The summed E-state index contributed by atoms with van der Waals surface area (Å²) in [5.41, 5.74) is 0.489. The maximum absolute atomic E-state index is 11.5. The zero-order valence-corrected chi connectivity index (χ0v) is 10.0. The average Bonchev–Trinajstić information content (AvgIpc) is 2.18. The van der Waals surface area contributed by atoms with E-state index in [0.29, 0.717) is 12.0 Å². The molecule has 2 amide bonds. The van der Waals surface area contributed by atoms with E-state index in [-0.39, 0.29) is 11.8 Å². The minimum atomic E-state index is -0.346. The lowest BCUT2D eigenvalue weighted by atomic mass is 10.2. The van der Waals surface area contributed by atoms with E-state index in [4.69, 9.17) is 0 Å². The molecule has 80 valence electrons. The van der Waals surface area contributed by atoms with Gasteiger partial charge in [-0.15, -0.1) is 0 Å². The van der Waals surface area contributed by atoms with Gasteiger partial charge in [-0.3, -0.25) is 14.9 Å². The van der Waals surface area contributed by atoms with Crippen molar-refractivity contribution in [2.24, 2.45) is 0 Å². The Morgan fingerprint density at radius 1 is 1.27 bits per heavy atom. The van der Waals surface area contributed by atoms with Gasteiger partial charge in [0.2, 0.25) is 5.91 Å². The predicted molar refractivity (Wildman–Crippen MR) is 61.5 cm³/mol. The third-order valence-corrected chi connectivity index (χ3v) is 2.37. The molecule has 1 rings (SSSR count). The Kier molecular flexibility index (Phi) is 4.49. The van der Waals surface area contributed by atoms with Crippen LogP contribution in [0.25, 0.3) is 0 Å². The number of hydrogen-bond acceptors (Lipinski definition) is 2. The number of benzene rings is 1. The van der Waals surface area contributed by atoms with Crippen LogP contribution in [0, 0.1) is 0 Å². The van der Waals surface area contributed by atoms with E-state index in [1.807, 2.05) is 6.92 Å². The van der Waals surface area contributed by atoms with Crippen LogP contribution < -0.4 is 5.32 Å². The van der Waals surface area contributed by atoms with Crippen LogP contribution in [0.15, 0.2) is 28.7 Å². The molecule has 0 saturated carbocycles. The van der Waals surface area contributed by atoms with Gasteiger partial charge in [0, 0.05) is 16.5 Å². The highest BCUT2D eigenvalue weighted by Crippen LogP contribution is 2.10. The molecule has 0 heterocycles. The number of hydrogen-bond donors (Lipinski definition) is 1. The van der Waals surface area contributed by atoms with Gasteiger partial charge in [0.1, 0.15) is 0 Å². The first-order chi connectivity index (χ1) is 7.13. The second-order valence-electron chi connectivity index (χ2n) is 3.13. The van der Waals surface area contributed by atoms with Crippen molar-refractivity contribution in [3.8, 4) is 0 Å². The number of carbonyl (C=O) groups excluding carboxylic acids is 2. The van der Waals surface area contributed by atoms with Crippen LogP contribution in [0.1, 0.15) is 30.1 Å². The molecule has 0 atom stereocenters. The molecule has 1 aromatic rings. The lowest BCUT2D eigenvalue weighted by molar-refractivity contribution is -0.120. The standard InChI is InChI=1S/C11H12BrNO2/c1-2-3-10(14)13-11(15)8-4-6-9(12)7-5-8/h4-7H,2-3H2,1H3,(H,13,14,15). The van der Waals surface area contributed by atoms with Gasteiger partial charge in [-0.05, 0) is 30.7 Å². The lowest BCUT2D eigenvalue weighted by Crippen LogP contribution is -2.29. The SMILES string of the molecule is CCCC(=O)NC(=O)c1ccc(Br)cc1. The van der Waals surface area contributed by atoms with Crippen molar-refractivity contribution >= 4 is 27.7 Å². The van der Waals surface area contributed by atoms with Crippen molar-refractivity contribution in [3.05, 3.63) is 34.3 Å². The fourth-order valence-corrected chi connectivity index (χ4v) is 1.35. The fraction of sp³-hybridized carbons (Fsp3) is 0.273. The molecule has 0 spiro atoms. The van der Waals surface area contributed by atoms with E-state index >= 15 is 0 Å². The van der Waals surface area contributed by atoms with Crippen LogP contribution in [-0.4, -0.2) is 11.8 Å². The van der Waals surface area contributed by atoms with Crippen molar-refractivity contribution in [2.75, 3.05) is 0 Å². The van der Waals surface area contributed by atoms with Crippen molar-refractivity contribution in [2.45, 2.75) is 19.8 Å². The summed E-state index contributed by atoms with van der Waals surface area (Å²) in [5, 5.41) is 2.32. The van der Waals surface area contributed by atoms with Crippen LogP contribution in [0.3, 0.4) is 0 Å². The third-order valence-electron chi connectivity index (χ3n) is 1.84. The molecule has 0 fully saturated rings. The van der Waals surface area contributed by atoms with Gasteiger partial charge in [0.05, 0.1) is 0 Å². The Morgan fingerprint density at radius 3 is 2.40 bits per heavy atom. The largest absolute Gasteiger partial charge is 0.292 e. The molecule has 0 bridgehead atoms. The smallest absolute Gasteiger partial charge is 0.257 e. The third kappa shape index (κ3) is 3.83. The molecule has 0 unspecified atom stereocenters. The molecule has 0 aliphatic heterocycles. The summed E-state index contributed by atoms with van der Waals surface area (Å²) in [6, 6.07) is 6.86. The molecule has 1 N–H and O–H groups in total. The number of halogens is 1. The van der Waals surface area contributed by atoms with Crippen LogP contribution >= 0.6 is 15.9 Å². The predicted octanol–water partition coefficient (Wildman–Crippen LogP) is 2.51. The van der Waals surface area contributed by atoms with Crippen molar-refractivity contribution in [1.82, 2.24) is 5.32 Å². The van der Waals surface area contributed by atoms with E-state index in [2.05, 4.69) is 21.2 Å². The summed E-state index contributed by atoms with van der Waals surface area (Å²) >= 11 is 3.27. The van der Waals surface area contributed by atoms with Gasteiger partial charge >= 0.3 is 0 Å². The van der Waals surface area contributed by atoms with Crippen molar-refractivity contribution in [1.29, 1.82) is 0 Å². The van der Waals surface area contributed by atoms with E-state index in [1.54, 1.807) is 24.3 Å². The highest BCUT2D eigenvalue weighted by Gasteiger charge is 2.08. The maximum atomic E-state index is 11.5. The van der Waals surface area contributed by atoms with Crippen molar-refractivity contribution in [3.63, 3.8) is 0 Å². The number of rotatable bonds is 3. The molecular formula is C11H12BrNO2. The van der Waals surface area contributed by atoms with Gasteiger partial charge in [-0.2, -0.15) is 0 Å². The zero-order valence-electron chi connectivity index (χ0n) is 8.42. The minimum absolute atomic E-state index is 0.231. The number of amides is 2. The van der Waals surface area contributed by atoms with E-state index in [0.717, 1.165) is 10.9 Å². The topological polar surface area (TPSA) is 46.2 Å². The quantitative estimate of drug-likeness (QED) is 0.917. The minimum Gasteiger partial charge on any atom is -0.292 e. The molecule has 15 heavy (non-hydrogen) atoms. The Balaban J connectivity index is 2.61. The molecule has 0 aliphatic rings. The summed E-state index contributed by atoms with van der Waals surface area (Å²) < 4.78 is 0.902. The van der Waals surface area contributed by atoms with Gasteiger partial charge in [0.25, 0.3) is 5.91 Å². The summed E-state index contributed by atoms with van der Waals surface area (Å²) in [7, 11) is 0. The summed E-state index contributed by atoms with van der Waals surface area (Å²) in [5.74, 6) is -0.577. The highest BCUT2D eigenvalue weighted by molar-refractivity contribution is 9.10. The Morgan fingerprint density at radius 2 is 1.87 bits per heavy atom. The number of nitrogens with one attached hydrogen (secondary N) is 1. The Hall–Kier alpha value is -1.16. The molecule has 4 heteroatoms. The van der Waals surface area contributed by atoms with Crippen LogP contribution in [0.5, 0.6) is 0 Å². The average molecular weight is 270 g/mol. The normalized spacial score (nSPS) is 9.73. The lowest BCUT2D eigenvalue weighted by Gasteiger charge is -2.02. The van der Waals surface area contributed by atoms with E-state index in [1.165, 1.54) is 0 Å². The van der Waals surface area contributed by atoms with Gasteiger partial charge in [-0.1, -0.05) is 22.9 Å². The zero-order chi connectivity index (χ0) is 11.3. The summed E-state index contributed by atoms with van der Waals surface area (Å²) in [4.78, 5) is 22.6. The van der Waals surface area contributed by atoms with Crippen LogP contribution in [0.4, 0.5) is 0 Å². The van der Waals surface area contributed by atoms with Crippen LogP contribution in [-0.2, 0) is 4.79 Å². The summed E-state index contributed by atoms with van der Waals surface area (Å²) in [6.07, 6.45) is 1.11. The molecule has 3 nitrogen and oxygen atoms in total. The number of imide groups is 1. The maximum Gasteiger partial charge on any atom is 0.257 e. The number of carbonyl (C=O) groups is 2. The molecule has 1 aromatic carbocycles. The second-order valence-corrected chi connectivity index (χ2v) is 4.05. The first-order valence-corrected chi connectivity index (χ1v) is 5.52. The first kappa shape index (κ1) is 11.9. The van der Waals surface area contributed by atoms with E-state index < -0.39 is 0 Å². The monoisotopic (exact) mass is 269 g/mol. The molecule has 0 aromatic heterocycles. The van der Waals surface area contributed by atoms with E-state index in [9.17, 15) is 9.59 Å².